The topological polar surface area (TPSA) is 21.7 Å². The van der Waals surface area contributed by atoms with Crippen molar-refractivity contribution in [1.82, 2.24) is 5.06 Å². The van der Waals surface area contributed by atoms with Gasteiger partial charge in [0.2, 0.25) is 0 Å². The number of benzene rings is 2. The predicted octanol–water partition coefficient (Wildman–Crippen LogP) is 7.01. The van der Waals surface area contributed by atoms with Crippen LogP contribution in [0.15, 0.2) is 60.7 Å². The van der Waals surface area contributed by atoms with Gasteiger partial charge in [0, 0.05) is 0 Å². The van der Waals surface area contributed by atoms with E-state index in [1.165, 1.54) is 11.1 Å². The first-order chi connectivity index (χ1) is 13.5. The van der Waals surface area contributed by atoms with Crippen molar-refractivity contribution < 1.29 is 9.26 Å². The van der Waals surface area contributed by atoms with Crippen molar-refractivity contribution in [3.63, 3.8) is 0 Å². The molecule has 0 aliphatic rings. The normalized spacial score (nSPS) is 15.0. The second-order valence-corrected chi connectivity index (χ2v) is 14.3. The third-order valence-corrected chi connectivity index (χ3v) is 6.03. The second-order valence-electron chi connectivity index (χ2n) is 9.80. The monoisotopic (exact) mass is 413 g/mol. The lowest BCUT2D eigenvalue weighted by molar-refractivity contribution is -0.281. The quantitative estimate of drug-likeness (QED) is 0.309. The van der Waals surface area contributed by atoms with Gasteiger partial charge in [0.25, 0.3) is 0 Å². The molecule has 0 saturated heterocycles. The summed E-state index contributed by atoms with van der Waals surface area (Å²) in [4.78, 5) is 6.71. The molecule has 0 N–H and O–H groups in total. The van der Waals surface area contributed by atoms with Gasteiger partial charge in [-0.05, 0) is 57.5 Å². The van der Waals surface area contributed by atoms with Gasteiger partial charge in [-0.3, -0.25) is 4.84 Å². The van der Waals surface area contributed by atoms with Gasteiger partial charge >= 0.3 is 0 Å². The minimum Gasteiger partial charge on any atom is -0.416 e. The molecule has 2 unspecified atom stereocenters. The fraction of sp³-hybridized carbons (Fsp3) is 0.520. The van der Waals surface area contributed by atoms with E-state index in [2.05, 4.69) is 114 Å². The minimum atomic E-state index is -1.64. The molecular weight excluding hydrogens is 374 g/mol. The van der Waals surface area contributed by atoms with Crippen LogP contribution >= 0.6 is 0 Å². The molecular formula is C25H39NO2Si. The van der Waals surface area contributed by atoms with Gasteiger partial charge in [0.1, 0.15) is 6.10 Å². The molecule has 29 heavy (non-hydrogen) atoms. The number of hydrogen-bond donors (Lipinski definition) is 0. The van der Waals surface area contributed by atoms with Crippen molar-refractivity contribution in [2.75, 3.05) is 6.61 Å². The number of hydrogen-bond acceptors (Lipinski definition) is 3. The van der Waals surface area contributed by atoms with E-state index in [-0.39, 0.29) is 17.7 Å². The Bertz CT molecular complexity index is 725. The maximum Gasteiger partial charge on any atom is 0.183 e. The van der Waals surface area contributed by atoms with Crippen molar-refractivity contribution in [2.45, 2.75) is 71.9 Å². The van der Waals surface area contributed by atoms with Crippen LogP contribution in [0.5, 0.6) is 0 Å². The molecule has 0 spiro atoms. The van der Waals surface area contributed by atoms with Crippen LogP contribution < -0.4 is 0 Å². The maximum atomic E-state index is 6.71. The minimum absolute atomic E-state index is 0.0488. The standard InChI is InChI=1S/C25H39NO2Si/c1-20(2)24(23-17-13-10-14-18-23)26(25(4,5)19-27-29(6,7)8)28-21(3)22-15-11-9-12-16-22/h9-18,20-21,24H,19H2,1-8H3. The molecule has 2 aromatic carbocycles. The second kappa shape index (κ2) is 10.0. The summed E-state index contributed by atoms with van der Waals surface area (Å²) < 4.78 is 6.35. The van der Waals surface area contributed by atoms with Gasteiger partial charge in [0.15, 0.2) is 8.32 Å². The molecule has 3 nitrogen and oxygen atoms in total. The van der Waals surface area contributed by atoms with E-state index in [1.54, 1.807) is 0 Å². The highest BCUT2D eigenvalue weighted by Crippen LogP contribution is 2.37. The maximum absolute atomic E-state index is 6.71. The van der Waals surface area contributed by atoms with Gasteiger partial charge in [-0.15, -0.1) is 0 Å². The highest BCUT2D eigenvalue weighted by Gasteiger charge is 2.38. The van der Waals surface area contributed by atoms with Gasteiger partial charge in [0.05, 0.1) is 18.2 Å². The lowest BCUT2D eigenvalue weighted by Gasteiger charge is -2.46. The molecule has 0 bridgehead atoms. The Morgan fingerprint density at radius 2 is 1.31 bits per heavy atom. The Kier molecular flexibility index (Phi) is 8.24. The highest BCUT2D eigenvalue weighted by molar-refractivity contribution is 6.69. The van der Waals surface area contributed by atoms with Crippen LogP contribution in [0.4, 0.5) is 0 Å². The van der Waals surface area contributed by atoms with Gasteiger partial charge in [-0.1, -0.05) is 74.5 Å². The smallest absolute Gasteiger partial charge is 0.183 e. The van der Waals surface area contributed by atoms with Crippen LogP contribution in [-0.2, 0) is 9.26 Å². The van der Waals surface area contributed by atoms with Crippen molar-refractivity contribution in [3.8, 4) is 0 Å². The van der Waals surface area contributed by atoms with Gasteiger partial charge < -0.3 is 4.43 Å². The van der Waals surface area contributed by atoms with Crippen molar-refractivity contribution in [2.24, 2.45) is 5.92 Å². The van der Waals surface area contributed by atoms with Crippen molar-refractivity contribution in [3.05, 3.63) is 71.8 Å². The summed E-state index contributed by atoms with van der Waals surface area (Å²) in [6, 6.07) is 21.2. The molecule has 0 aliphatic carbocycles. The summed E-state index contributed by atoms with van der Waals surface area (Å²) in [5.74, 6) is 0.381. The Morgan fingerprint density at radius 3 is 1.76 bits per heavy atom. The van der Waals surface area contributed by atoms with Crippen LogP contribution in [0.25, 0.3) is 0 Å². The van der Waals surface area contributed by atoms with E-state index in [4.69, 9.17) is 9.26 Å². The van der Waals surface area contributed by atoms with Gasteiger partial charge in [-0.2, -0.15) is 5.06 Å². The van der Waals surface area contributed by atoms with Crippen LogP contribution in [0.1, 0.15) is 57.9 Å². The summed E-state index contributed by atoms with van der Waals surface area (Å²) >= 11 is 0. The van der Waals surface area contributed by atoms with Crippen LogP contribution in [-0.4, -0.2) is 25.5 Å². The van der Waals surface area contributed by atoms with E-state index in [9.17, 15) is 0 Å². The fourth-order valence-corrected chi connectivity index (χ4v) is 4.22. The average Bonchev–Trinajstić information content (AvgIpc) is 2.66. The third-order valence-electron chi connectivity index (χ3n) is 5.02. The Labute approximate surface area is 179 Å². The summed E-state index contributed by atoms with van der Waals surface area (Å²) in [6.45, 7) is 18.4. The molecule has 2 atom stereocenters. The Morgan fingerprint density at radius 1 is 0.828 bits per heavy atom. The van der Waals surface area contributed by atoms with Crippen LogP contribution in [0, 0.1) is 5.92 Å². The van der Waals surface area contributed by atoms with Crippen molar-refractivity contribution in [1.29, 1.82) is 0 Å². The first-order valence-corrected chi connectivity index (χ1v) is 14.1. The van der Waals surface area contributed by atoms with Crippen molar-refractivity contribution >= 4 is 8.32 Å². The molecule has 0 fully saturated rings. The zero-order valence-electron chi connectivity index (χ0n) is 19.5. The first-order valence-electron chi connectivity index (χ1n) is 10.7. The number of nitrogens with zero attached hydrogens (tertiary/aromatic N) is 1. The van der Waals surface area contributed by atoms with Crippen LogP contribution in [0.3, 0.4) is 0 Å². The van der Waals surface area contributed by atoms with Gasteiger partial charge in [-0.25, -0.2) is 0 Å². The van der Waals surface area contributed by atoms with E-state index in [0.29, 0.717) is 12.5 Å². The van der Waals surface area contributed by atoms with E-state index in [1.807, 2.05) is 6.07 Å². The summed E-state index contributed by atoms with van der Waals surface area (Å²) in [6.07, 6.45) is -0.0488. The highest BCUT2D eigenvalue weighted by atomic mass is 28.4. The molecule has 0 saturated carbocycles. The van der Waals surface area contributed by atoms with Crippen LogP contribution in [0.2, 0.25) is 19.6 Å². The Hall–Kier alpha value is -1.46. The predicted molar refractivity (Wildman–Crippen MR) is 125 cm³/mol. The van der Waals surface area contributed by atoms with E-state index >= 15 is 0 Å². The lowest BCUT2D eigenvalue weighted by Crippen LogP contribution is -2.52. The third kappa shape index (κ3) is 7.07. The molecule has 4 heteroatoms. The number of rotatable bonds is 10. The fourth-order valence-electron chi connectivity index (χ4n) is 3.44. The summed E-state index contributed by atoms with van der Waals surface area (Å²) in [7, 11) is -1.64. The zero-order chi connectivity index (χ0) is 21.7. The molecule has 0 amide bonds. The molecule has 0 aromatic heterocycles. The summed E-state index contributed by atoms with van der Waals surface area (Å²) in [5.41, 5.74) is 2.16. The lowest BCUT2D eigenvalue weighted by atomic mass is 9.92. The van der Waals surface area contributed by atoms with E-state index < -0.39 is 8.32 Å². The largest absolute Gasteiger partial charge is 0.416 e. The number of hydroxylamine groups is 2. The molecule has 0 heterocycles. The molecule has 0 aliphatic heterocycles. The molecule has 160 valence electrons. The van der Waals surface area contributed by atoms with E-state index in [0.717, 1.165) is 0 Å². The zero-order valence-corrected chi connectivity index (χ0v) is 20.5. The SMILES string of the molecule is CC(ON(C(c1ccccc1)C(C)C)C(C)(C)CO[Si](C)(C)C)c1ccccc1. The average molecular weight is 414 g/mol. The molecule has 0 radical (unpaired) electrons. The summed E-state index contributed by atoms with van der Waals surface area (Å²) in [5, 5.41) is 2.20. The molecule has 2 aromatic rings. The molecule has 2 rings (SSSR count). The Balaban J connectivity index is 2.40. The first kappa shape index (κ1) is 23.8.